The minimum Gasteiger partial charge on any atom is -0.375 e. The fourth-order valence-electron chi connectivity index (χ4n) is 2.23. The van der Waals surface area contributed by atoms with E-state index in [1.165, 1.54) is 5.69 Å². The van der Waals surface area contributed by atoms with Gasteiger partial charge in [-0.1, -0.05) is 6.92 Å². The van der Waals surface area contributed by atoms with E-state index in [-0.39, 0.29) is 0 Å². The first-order chi connectivity index (χ1) is 8.24. The summed E-state index contributed by atoms with van der Waals surface area (Å²) in [5, 5.41) is 3.08. The maximum absolute atomic E-state index is 5.72. The van der Waals surface area contributed by atoms with E-state index in [1.54, 1.807) is 0 Å². The Bertz CT molecular complexity index is 369. The summed E-state index contributed by atoms with van der Waals surface area (Å²) in [7, 11) is 1.89. The molecule has 1 N–H and O–H groups in total. The molecule has 4 nitrogen and oxygen atoms in total. The lowest BCUT2D eigenvalue weighted by Crippen LogP contribution is -2.48. The van der Waals surface area contributed by atoms with Gasteiger partial charge in [0, 0.05) is 31.5 Å². The molecule has 94 valence electrons. The van der Waals surface area contributed by atoms with Gasteiger partial charge in [-0.05, 0) is 19.4 Å². The van der Waals surface area contributed by atoms with Gasteiger partial charge in [-0.3, -0.25) is 0 Å². The fourth-order valence-corrected chi connectivity index (χ4v) is 2.23. The summed E-state index contributed by atoms with van der Waals surface area (Å²) in [6.45, 7) is 6.09. The lowest BCUT2D eigenvalue weighted by Gasteiger charge is -2.40. The van der Waals surface area contributed by atoms with Crippen LogP contribution in [-0.2, 0) is 4.74 Å². The molecule has 1 aromatic heterocycles. The number of aromatic nitrogens is 1. The smallest absolute Gasteiger partial charge is 0.127 e. The molecule has 1 saturated heterocycles. The number of ether oxygens (including phenoxy) is 1. The summed E-state index contributed by atoms with van der Waals surface area (Å²) in [4.78, 5) is 6.68. The molecule has 2 heterocycles. The minimum absolute atomic E-state index is 0.295. The van der Waals surface area contributed by atoms with Crippen LogP contribution in [0.1, 0.15) is 20.3 Å². The second kappa shape index (κ2) is 5.36. The first-order valence-electron chi connectivity index (χ1n) is 6.26. The molecule has 0 saturated carbocycles. The van der Waals surface area contributed by atoms with E-state index in [4.69, 9.17) is 4.74 Å². The van der Waals surface area contributed by atoms with E-state index < -0.39 is 0 Å². The molecular weight excluding hydrogens is 214 g/mol. The predicted octanol–water partition coefficient (Wildman–Crippen LogP) is 2.13. The molecule has 17 heavy (non-hydrogen) atoms. The van der Waals surface area contributed by atoms with Gasteiger partial charge in [0.25, 0.3) is 0 Å². The van der Waals surface area contributed by atoms with Crippen LogP contribution < -0.4 is 10.2 Å². The van der Waals surface area contributed by atoms with E-state index in [0.717, 1.165) is 25.4 Å². The quantitative estimate of drug-likeness (QED) is 0.871. The number of nitrogens with one attached hydrogen (secondary N) is 1. The SMILES string of the molecule is CCC1COC(C)CN1c1ccnc(NC)c1. The maximum atomic E-state index is 5.72. The second-order valence-electron chi connectivity index (χ2n) is 4.51. The summed E-state index contributed by atoms with van der Waals surface area (Å²) in [6.07, 6.45) is 3.25. The van der Waals surface area contributed by atoms with Gasteiger partial charge in [-0.15, -0.1) is 0 Å². The molecule has 2 unspecified atom stereocenters. The van der Waals surface area contributed by atoms with Gasteiger partial charge in [0.1, 0.15) is 5.82 Å². The van der Waals surface area contributed by atoms with Gasteiger partial charge in [-0.2, -0.15) is 0 Å². The molecule has 0 radical (unpaired) electrons. The zero-order chi connectivity index (χ0) is 12.3. The largest absolute Gasteiger partial charge is 0.375 e. The van der Waals surface area contributed by atoms with Crippen LogP contribution in [0, 0.1) is 0 Å². The number of hydrogen-bond acceptors (Lipinski definition) is 4. The molecule has 0 aromatic carbocycles. The summed E-state index contributed by atoms with van der Waals surface area (Å²) >= 11 is 0. The molecule has 1 aliphatic heterocycles. The van der Waals surface area contributed by atoms with Crippen molar-refractivity contribution in [1.29, 1.82) is 0 Å². The normalized spacial score (nSPS) is 24.8. The predicted molar refractivity (Wildman–Crippen MR) is 70.6 cm³/mol. The van der Waals surface area contributed by atoms with Crippen LogP contribution in [0.4, 0.5) is 11.5 Å². The van der Waals surface area contributed by atoms with Crippen LogP contribution in [0.15, 0.2) is 18.3 Å². The first kappa shape index (κ1) is 12.2. The van der Waals surface area contributed by atoms with Crippen molar-refractivity contribution in [2.45, 2.75) is 32.4 Å². The molecule has 2 atom stereocenters. The standard InChI is InChI=1S/C13H21N3O/c1-4-11-9-17-10(2)8-16(11)12-5-6-15-13(7-12)14-3/h5-7,10-11H,4,8-9H2,1-3H3,(H,14,15). The Hall–Kier alpha value is -1.29. The number of hydrogen-bond donors (Lipinski definition) is 1. The lowest BCUT2D eigenvalue weighted by molar-refractivity contribution is 0.0299. The van der Waals surface area contributed by atoms with Crippen molar-refractivity contribution in [3.05, 3.63) is 18.3 Å². The van der Waals surface area contributed by atoms with Crippen molar-refractivity contribution in [3.63, 3.8) is 0 Å². The number of rotatable bonds is 3. The van der Waals surface area contributed by atoms with E-state index in [0.29, 0.717) is 12.1 Å². The lowest BCUT2D eigenvalue weighted by atomic mass is 10.1. The van der Waals surface area contributed by atoms with Crippen molar-refractivity contribution in [1.82, 2.24) is 4.98 Å². The summed E-state index contributed by atoms with van der Waals surface area (Å²) < 4.78 is 5.72. The monoisotopic (exact) mass is 235 g/mol. The Balaban J connectivity index is 2.22. The van der Waals surface area contributed by atoms with Crippen molar-refractivity contribution < 1.29 is 4.74 Å². The van der Waals surface area contributed by atoms with Crippen LogP contribution in [0.25, 0.3) is 0 Å². The molecule has 0 amide bonds. The Morgan fingerprint density at radius 1 is 1.59 bits per heavy atom. The Kier molecular flexibility index (Phi) is 3.84. The van der Waals surface area contributed by atoms with Crippen LogP contribution in [-0.4, -0.2) is 37.3 Å². The Morgan fingerprint density at radius 2 is 2.41 bits per heavy atom. The van der Waals surface area contributed by atoms with Crippen molar-refractivity contribution >= 4 is 11.5 Å². The maximum Gasteiger partial charge on any atom is 0.127 e. The van der Waals surface area contributed by atoms with Crippen LogP contribution in [0.5, 0.6) is 0 Å². The molecule has 0 aliphatic carbocycles. The Labute approximate surface area is 103 Å². The first-order valence-corrected chi connectivity index (χ1v) is 6.26. The third-order valence-electron chi connectivity index (χ3n) is 3.27. The second-order valence-corrected chi connectivity index (χ2v) is 4.51. The van der Waals surface area contributed by atoms with Gasteiger partial charge in [0.2, 0.25) is 0 Å². The van der Waals surface area contributed by atoms with Gasteiger partial charge in [0.15, 0.2) is 0 Å². The number of morpholine rings is 1. The average Bonchev–Trinajstić information content (AvgIpc) is 2.39. The Morgan fingerprint density at radius 3 is 3.12 bits per heavy atom. The number of nitrogens with zero attached hydrogens (tertiary/aromatic N) is 2. The zero-order valence-corrected chi connectivity index (χ0v) is 10.8. The average molecular weight is 235 g/mol. The molecule has 1 fully saturated rings. The number of anilines is 2. The molecule has 1 aliphatic rings. The molecule has 2 rings (SSSR count). The molecule has 0 bridgehead atoms. The van der Waals surface area contributed by atoms with Crippen LogP contribution >= 0.6 is 0 Å². The topological polar surface area (TPSA) is 37.4 Å². The highest BCUT2D eigenvalue weighted by Gasteiger charge is 2.25. The summed E-state index contributed by atoms with van der Waals surface area (Å²) in [5.41, 5.74) is 1.23. The van der Waals surface area contributed by atoms with Crippen molar-refractivity contribution in [2.75, 3.05) is 30.4 Å². The van der Waals surface area contributed by atoms with Crippen molar-refractivity contribution in [2.24, 2.45) is 0 Å². The third-order valence-corrected chi connectivity index (χ3v) is 3.27. The van der Waals surface area contributed by atoms with E-state index in [2.05, 4.69) is 41.2 Å². The van der Waals surface area contributed by atoms with E-state index in [9.17, 15) is 0 Å². The molecular formula is C13H21N3O. The highest BCUT2D eigenvalue weighted by Crippen LogP contribution is 2.24. The van der Waals surface area contributed by atoms with Crippen molar-refractivity contribution in [3.8, 4) is 0 Å². The molecule has 1 aromatic rings. The third kappa shape index (κ3) is 2.69. The van der Waals surface area contributed by atoms with Gasteiger partial charge in [-0.25, -0.2) is 4.98 Å². The molecule has 0 spiro atoms. The molecule has 4 heteroatoms. The fraction of sp³-hybridized carbons (Fsp3) is 0.615. The van der Waals surface area contributed by atoms with Gasteiger partial charge >= 0.3 is 0 Å². The van der Waals surface area contributed by atoms with Gasteiger partial charge in [0.05, 0.1) is 18.8 Å². The summed E-state index contributed by atoms with van der Waals surface area (Å²) in [6, 6.07) is 4.64. The zero-order valence-electron chi connectivity index (χ0n) is 10.8. The van der Waals surface area contributed by atoms with Gasteiger partial charge < -0.3 is 15.0 Å². The van der Waals surface area contributed by atoms with E-state index in [1.807, 2.05) is 13.2 Å². The summed E-state index contributed by atoms with van der Waals surface area (Å²) in [5.74, 6) is 0.913. The highest BCUT2D eigenvalue weighted by atomic mass is 16.5. The highest BCUT2D eigenvalue weighted by molar-refractivity contribution is 5.54. The minimum atomic E-state index is 0.295. The van der Waals surface area contributed by atoms with E-state index >= 15 is 0 Å². The van der Waals surface area contributed by atoms with Crippen LogP contribution in [0.2, 0.25) is 0 Å². The van der Waals surface area contributed by atoms with Crippen LogP contribution in [0.3, 0.4) is 0 Å². The number of pyridine rings is 1.